The number of fused-ring (bicyclic) bond motifs is 1. The highest BCUT2D eigenvalue weighted by Crippen LogP contribution is 2.38. The van der Waals surface area contributed by atoms with Crippen LogP contribution in [0.5, 0.6) is 11.5 Å². The molecule has 194 valence electrons. The Morgan fingerprint density at radius 1 is 1.03 bits per heavy atom. The van der Waals surface area contributed by atoms with E-state index in [0.717, 1.165) is 58.3 Å². The van der Waals surface area contributed by atoms with Crippen molar-refractivity contribution in [3.63, 3.8) is 0 Å². The number of hydrogen-bond donors (Lipinski definition) is 1. The number of benzene rings is 2. The Hall–Kier alpha value is -3.69. The Balaban J connectivity index is 1.58. The third kappa shape index (κ3) is 5.38. The minimum Gasteiger partial charge on any atom is -0.497 e. The van der Waals surface area contributed by atoms with Gasteiger partial charge in [-0.25, -0.2) is 4.98 Å². The van der Waals surface area contributed by atoms with Crippen LogP contribution in [0.3, 0.4) is 0 Å². The summed E-state index contributed by atoms with van der Waals surface area (Å²) < 4.78 is 18.7. The Morgan fingerprint density at radius 3 is 2.38 bits per heavy atom. The predicted octanol–water partition coefficient (Wildman–Crippen LogP) is 4.20. The molecule has 0 aliphatic carbocycles. The molecule has 1 aliphatic rings. The van der Waals surface area contributed by atoms with Crippen LogP contribution < -0.4 is 19.7 Å². The molecule has 0 atom stereocenters. The smallest absolute Gasteiger partial charge is 0.124 e. The first kappa shape index (κ1) is 25.0. The molecule has 1 N–H and O–H groups in total. The average Bonchev–Trinajstić information content (AvgIpc) is 3.33. The number of ether oxygens (including phenoxy) is 3. The first-order valence-electron chi connectivity index (χ1n) is 12.5. The Morgan fingerprint density at radius 2 is 1.78 bits per heavy atom. The van der Waals surface area contributed by atoms with Crippen molar-refractivity contribution in [1.82, 2.24) is 25.1 Å². The molecule has 0 radical (unpaired) electrons. The molecule has 4 aromatic rings. The zero-order valence-corrected chi connectivity index (χ0v) is 22.1. The fraction of sp³-hybridized carbons (Fsp3) is 0.393. The molecular weight excluding hydrogens is 468 g/mol. The van der Waals surface area contributed by atoms with Crippen LogP contribution in [-0.4, -0.2) is 66.3 Å². The van der Waals surface area contributed by atoms with Gasteiger partial charge in [-0.1, -0.05) is 13.8 Å². The molecule has 1 fully saturated rings. The molecule has 2 aromatic carbocycles. The van der Waals surface area contributed by atoms with Gasteiger partial charge in [-0.15, -0.1) is 0 Å². The minimum atomic E-state index is -0.0290. The van der Waals surface area contributed by atoms with Crippen molar-refractivity contribution >= 4 is 22.4 Å². The molecular formula is C28H34N6O3. The second kappa shape index (κ2) is 10.4. The highest BCUT2D eigenvalue weighted by atomic mass is 16.5. The zero-order chi connectivity index (χ0) is 26.0. The van der Waals surface area contributed by atoms with E-state index in [2.05, 4.69) is 46.3 Å². The van der Waals surface area contributed by atoms with Gasteiger partial charge in [0.05, 0.1) is 56.6 Å². The summed E-state index contributed by atoms with van der Waals surface area (Å²) in [6, 6.07) is 12.6. The van der Waals surface area contributed by atoms with Crippen LogP contribution in [0.2, 0.25) is 0 Å². The van der Waals surface area contributed by atoms with E-state index < -0.39 is 0 Å². The summed E-state index contributed by atoms with van der Waals surface area (Å²) >= 11 is 0. The largest absolute Gasteiger partial charge is 0.497 e. The van der Waals surface area contributed by atoms with Gasteiger partial charge >= 0.3 is 0 Å². The molecule has 2 aromatic heterocycles. The molecule has 1 aliphatic heterocycles. The molecule has 9 heteroatoms. The van der Waals surface area contributed by atoms with Crippen molar-refractivity contribution in [3.8, 4) is 22.8 Å². The maximum absolute atomic E-state index is 5.72. The molecule has 5 rings (SSSR count). The van der Waals surface area contributed by atoms with Crippen LogP contribution >= 0.6 is 0 Å². The van der Waals surface area contributed by atoms with Gasteiger partial charge in [0.1, 0.15) is 11.5 Å². The lowest BCUT2D eigenvalue weighted by Crippen LogP contribution is -2.56. The zero-order valence-electron chi connectivity index (χ0n) is 22.1. The molecule has 1 saturated heterocycles. The van der Waals surface area contributed by atoms with E-state index in [1.807, 2.05) is 37.5 Å². The number of hydrogen-bond acceptors (Lipinski definition) is 8. The van der Waals surface area contributed by atoms with Gasteiger partial charge < -0.3 is 24.4 Å². The maximum Gasteiger partial charge on any atom is 0.124 e. The number of rotatable bonds is 10. The second-order valence-electron chi connectivity index (χ2n) is 10.0. The molecule has 37 heavy (non-hydrogen) atoms. The number of nitrogens with zero attached hydrogens (tertiary/aromatic N) is 5. The van der Waals surface area contributed by atoms with Gasteiger partial charge in [-0.3, -0.25) is 9.67 Å². The molecule has 0 bridgehead atoms. The SMILES string of the molecule is COc1cc(OC)cc(N(CC2(CNC(C)C)COC2)c2ccc3ncc(-c4cnn(C)c4)nc3c2)c1. The number of anilines is 2. The van der Waals surface area contributed by atoms with Gasteiger partial charge in [-0.05, 0) is 18.2 Å². The summed E-state index contributed by atoms with van der Waals surface area (Å²) in [7, 11) is 5.23. The maximum atomic E-state index is 5.72. The molecule has 0 unspecified atom stereocenters. The predicted molar refractivity (Wildman–Crippen MR) is 145 cm³/mol. The lowest BCUT2D eigenvalue weighted by Gasteiger charge is -2.45. The topological polar surface area (TPSA) is 86.6 Å². The first-order chi connectivity index (χ1) is 17.9. The lowest BCUT2D eigenvalue weighted by atomic mass is 9.84. The first-order valence-corrected chi connectivity index (χ1v) is 12.5. The fourth-order valence-corrected chi connectivity index (χ4v) is 4.54. The monoisotopic (exact) mass is 502 g/mol. The van der Waals surface area contributed by atoms with Gasteiger partial charge in [-0.2, -0.15) is 5.10 Å². The van der Waals surface area contributed by atoms with Crippen molar-refractivity contribution < 1.29 is 14.2 Å². The van der Waals surface area contributed by atoms with E-state index in [0.29, 0.717) is 19.3 Å². The Labute approximate surface area is 217 Å². The third-order valence-corrected chi connectivity index (χ3v) is 6.68. The number of nitrogens with one attached hydrogen (secondary N) is 1. The molecule has 0 spiro atoms. The van der Waals surface area contributed by atoms with Crippen LogP contribution in [0.4, 0.5) is 11.4 Å². The highest BCUT2D eigenvalue weighted by Gasteiger charge is 2.40. The van der Waals surface area contributed by atoms with Gasteiger partial charge in [0.15, 0.2) is 0 Å². The molecule has 3 heterocycles. The number of aryl methyl sites for hydroxylation is 1. The van der Waals surface area contributed by atoms with E-state index >= 15 is 0 Å². The summed E-state index contributed by atoms with van der Waals surface area (Å²) in [6.45, 7) is 7.34. The average molecular weight is 503 g/mol. The highest BCUT2D eigenvalue weighted by molar-refractivity contribution is 5.82. The number of aromatic nitrogens is 4. The van der Waals surface area contributed by atoms with Crippen LogP contribution in [0, 0.1) is 5.41 Å². The van der Waals surface area contributed by atoms with Crippen molar-refractivity contribution in [2.45, 2.75) is 19.9 Å². The molecule has 0 amide bonds. The van der Waals surface area contributed by atoms with Crippen molar-refractivity contribution in [3.05, 3.63) is 55.0 Å². The summed E-state index contributed by atoms with van der Waals surface area (Å²) in [4.78, 5) is 11.9. The minimum absolute atomic E-state index is 0.0290. The molecule has 0 saturated carbocycles. The van der Waals surface area contributed by atoms with Crippen molar-refractivity contribution in [1.29, 1.82) is 0 Å². The van der Waals surface area contributed by atoms with E-state index in [4.69, 9.17) is 19.2 Å². The van der Waals surface area contributed by atoms with E-state index in [1.54, 1.807) is 31.3 Å². The van der Waals surface area contributed by atoms with Crippen LogP contribution in [0.25, 0.3) is 22.3 Å². The normalized spacial score (nSPS) is 14.5. The quantitative estimate of drug-likeness (QED) is 0.345. The lowest BCUT2D eigenvalue weighted by molar-refractivity contribution is -0.105. The standard InChI is InChI=1S/C28H34N6O3/c1-19(2)30-15-28(17-37-18-28)16-34(22-8-23(35-4)11-24(9-22)36-5)21-6-7-25-26(10-21)32-27(13-29-25)20-12-31-33(3)14-20/h6-14,19,30H,15-18H2,1-5H3. The van der Waals surface area contributed by atoms with Gasteiger partial charge in [0.2, 0.25) is 0 Å². The van der Waals surface area contributed by atoms with Crippen LogP contribution in [0.15, 0.2) is 55.0 Å². The summed E-state index contributed by atoms with van der Waals surface area (Å²) in [5.41, 5.74) is 5.33. The van der Waals surface area contributed by atoms with E-state index in [1.165, 1.54) is 0 Å². The van der Waals surface area contributed by atoms with E-state index in [-0.39, 0.29) is 5.41 Å². The van der Waals surface area contributed by atoms with Crippen LogP contribution in [-0.2, 0) is 11.8 Å². The van der Waals surface area contributed by atoms with Crippen molar-refractivity contribution in [2.75, 3.05) is 45.4 Å². The Bertz CT molecular complexity index is 1360. The fourth-order valence-electron chi connectivity index (χ4n) is 4.54. The summed E-state index contributed by atoms with van der Waals surface area (Å²) in [5.74, 6) is 1.47. The summed E-state index contributed by atoms with van der Waals surface area (Å²) in [6.07, 6.45) is 5.54. The van der Waals surface area contributed by atoms with Crippen LogP contribution in [0.1, 0.15) is 13.8 Å². The van der Waals surface area contributed by atoms with E-state index in [9.17, 15) is 0 Å². The third-order valence-electron chi connectivity index (χ3n) is 6.68. The second-order valence-corrected chi connectivity index (χ2v) is 10.0. The van der Waals surface area contributed by atoms with Crippen molar-refractivity contribution in [2.24, 2.45) is 12.5 Å². The van der Waals surface area contributed by atoms with Gasteiger partial charge in [0.25, 0.3) is 0 Å². The Kier molecular flexibility index (Phi) is 6.99. The van der Waals surface area contributed by atoms with Gasteiger partial charge in [0, 0.05) is 72.9 Å². The number of methoxy groups -OCH3 is 2. The summed E-state index contributed by atoms with van der Waals surface area (Å²) in [5, 5.41) is 7.89. The molecule has 9 nitrogen and oxygen atoms in total.